The Morgan fingerprint density at radius 3 is 2.63 bits per heavy atom. The highest BCUT2D eigenvalue weighted by atomic mass is 127. The van der Waals surface area contributed by atoms with Crippen LogP contribution in [0.3, 0.4) is 0 Å². The lowest BCUT2D eigenvalue weighted by molar-refractivity contribution is 0.444. The summed E-state index contributed by atoms with van der Waals surface area (Å²) in [4.78, 5) is 6.49. The Labute approximate surface area is 197 Å². The molecular weight excluding hydrogens is 520 g/mol. The van der Waals surface area contributed by atoms with Gasteiger partial charge in [-0.25, -0.2) is 17.1 Å². The predicted molar refractivity (Wildman–Crippen MR) is 133 cm³/mol. The SMILES string of the molecule is CCN(CC)S(=O)(=O)CCNC(=NC)NC1CCCN(c2ccc(F)cc2C)C1.I. The Balaban J connectivity index is 0.00000450. The third kappa shape index (κ3) is 7.52. The predicted octanol–water partition coefficient (Wildman–Crippen LogP) is 2.56. The molecule has 2 N–H and O–H groups in total. The normalized spacial score (nSPS) is 17.6. The van der Waals surface area contributed by atoms with Crippen LogP contribution in [0.5, 0.6) is 0 Å². The molecule has 0 aliphatic carbocycles. The van der Waals surface area contributed by atoms with Gasteiger partial charge in [0.15, 0.2) is 5.96 Å². The molecule has 0 aromatic heterocycles. The van der Waals surface area contributed by atoms with E-state index in [9.17, 15) is 12.8 Å². The zero-order valence-electron chi connectivity index (χ0n) is 18.3. The van der Waals surface area contributed by atoms with Crippen LogP contribution in [0.1, 0.15) is 32.3 Å². The van der Waals surface area contributed by atoms with Gasteiger partial charge in [-0.05, 0) is 43.5 Å². The zero-order chi connectivity index (χ0) is 21.4. The lowest BCUT2D eigenvalue weighted by Crippen LogP contribution is -2.52. The highest BCUT2D eigenvalue weighted by Crippen LogP contribution is 2.24. The number of guanidine groups is 1. The molecule has 0 radical (unpaired) electrons. The van der Waals surface area contributed by atoms with Crippen LogP contribution in [0.2, 0.25) is 0 Å². The third-order valence-corrected chi connectivity index (χ3v) is 7.26. The first-order valence-corrected chi connectivity index (χ1v) is 11.9. The number of benzene rings is 1. The summed E-state index contributed by atoms with van der Waals surface area (Å²) in [5.74, 6) is 0.408. The average molecular weight is 556 g/mol. The number of hydrogen-bond acceptors (Lipinski definition) is 4. The van der Waals surface area contributed by atoms with Crippen LogP contribution in [0.25, 0.3) is 0 Å². The number of piperidine rings is 1. The second kappa shape index (κ2) is 12.7. The Morgan fingerprint density at radius 1 is 1.33 bits per heavy atom. The maximum Gasteiger partial charge on any atom is 0.215 e. The lowest BCUT2D eigenvalue weighted by Gasteiger charge is -2.36. The number of rotatable bonds is 8. The number of nitrogens with zero attached hydrogens (tertiary/aromatic N) is 3. The van der Waals surface area contributed by atoms with E-state index in [-0.39, 0.29) is 41.6 Å². The first kappa shape index (κ1) is 26.9. The van der Waals surface area contributed by atoms with Crippen molar-refractivity contribution in [3.63, 3.8) is 0 Å². The number of nitrogens with one attached hydrogen (secondary N) is 2. The molecule has 1 aromatic rings. The van der Waals surface area contributed by atoms with Crippen molar-refractivity contribution in [2.24, 2.45) is 4.99 Å². The van der Waals surface area contributed by atoms with Gasteiger partial charge in [0.25, 0.3) is 0 Å². The van der Waals surface area contributed by atoms with E-state index < -0.39 is 10.0 Å². The van der Waals surface area contributed by atoms with Gasteiger partial charge in [0.2, 0.25) is 10.0 Å². The second-order valence-corrected chi connectivity index (χ2v) is 9.35. The summed E-state index contributed by atoms with van der Waals surface area (Å²) >= 11 is 0. The van der Waals surface area contributed by atoms with Gasteiger partial charge in [0.05, 0.1) is 5.75 Å². The number of halogens is 2. The summed E-state index contributed by atoms with van der Waals surface area (Å²) in [7, 11) is -1.58. The molecule has 1 unspecified atom stereocenters. The van der Waals surface area contributed by atoms with Crippen molar-refractivity contribution in [3.05, 3.63) is 29.6 Å². The molecular formula is C20H35FIN5O2S. The molecule has 1 aromatic carbocycles. The van der Waals surface area contributed by atoms with Gasteiger partial charge in [0, 0.05) is 51.5 Å². The average Bonchev–Trinajstić information content (AvgIpc) is 2.68. The molecule has 0 amide bonds. The van der Waals surface area contributed by atoms with Crippen molar-refractivity contribution in [3.8, 4) is 0 Å². The number of aryl methyl sites for hydroxylation is 1. The van der Waals surface area contributed by atoms with E-state index in [0.29, 0.717) is 25.6 Å². The minimum Gasteiger partial charge on any atom is -0.369 e. The number of sulfonamides is 1. The highest BCUT2D eigenvalue weighted by Gasteiger charge is 2.23. The molecule has 1 aliphatic heterocycles. The monoisotopic (exact) mass is 555 g/mol. The van der Waals surface area contributed by atoms with E-state index in [1.165, 1.54) is 10.4 Å². The molecule has 1 saturated heterocycles. The Hall–Kier alpha value is -1.14. The van der Waals surface area contributed by atoms with Crippen LogP contribution in [0.15, 0.2) is 23.2 Å². The van der Waals surface area contributed by atoms with Crippen molar-refractivity contribution in [2.45, 2.75) is 39.7 Å². The van der Waals surface area contributed by atoms with Gasteiger partial charge in [-0.15, -0.1) is 24.0 Å². The van der Waals surface area contributed by atoms with Gasteiger partial charge >= 0.3 is 0 Å². The molecule has 10 heteroatoms. The highest BCUT2D eigenvalue weighted by molar-refractivity contribution is 14.0. The first-order valence-electron chi connectivity index (χ1n) is 10.3. The zero-order valence-corrected chi connectivity index (χ0v) is 21.5. The molecule has 30 heavy (non-hydrogen) atoms. The largest absolute Gasteiger partial charge is 0.369 e. The molecule has 7 nitrogen and oxygen atoms in total. The topological polar surface area (TPSA) is 77.0 Å². The fourth-order valence-electron chi connectivity index (χ4n) is 3.72. The summed E-state index contributed by atoms with van der Waals surface area (Å²) in [6, 6.07) is 5.07. The van der Waals surface area contributed by atoms with Crippen molar-refractivity contribution >= 4 is 45.6 Å². The smallest absolute Gasteiger partial charge is 0.215 e. The molecule has 2 rings (SSSR count). The first-order chi connectivity index (χ1) is 13.8. The summed E-state index contributed by atoms with van der Waals surface area (Å²) in [6.07, 6.45) is 2.01. The van der Waals surface area contributed by atoms with Crippen LogP contribution in [-0.2, 0) is 10.0 Å². The molecule has 0 spiro atoms. The number of hydrogen-bond donors (Lipinski definition) is 2. The summed E-state index contributed by atoms with van der Waals surface area (Å²) in [5, 5.41) is 6.51. The maximum atomic E-state index is 13.4. The minimum atomic E-state index is -3.26. The van der Waals surface area contributed by atoms with Crippen molar-refractivity contribution in [1.82, 2.24) is 14.9 Å². The fourth-order valence-corrected chi connectivity index (χ4v) is 5.12. The molecule has 1 fully saturated rings. The molecule has 1 heterocycles. The maximum absolute atomic E-state index is 13.4. The van der Waals surface area contributed by atoms with E-state index in [2.05, 4.69) is 20.5 Å². The lowest BCUT2D eigenvalue weighted by atomic mass is 10.0. The summed E-state index contributed by atoms with van der Waals surface area (Å²) in [5.41, 5.74) is 1.97. The third-order valence-electron chi connectivity index (χ3n) is 5.24. The van der Waals surface area contributed by atoms with E-state index in [1.54, 1.807) is 13.1 Å². The van der Waals surface area contributed by atoms with Gasteiger partial charge in [-0.2, -0.15) is 0 Å². The quantitative estimate of drug-likeness (QED) is 0.293. The van der Waals surface area contributed by atoms with E-state index in [1.807, 2.05) is 26.8 Å². The Morgan fingerprint density at radius 2 is 2.03 bits per heavy atom. The summed E-state index contributed by atoms with van der Waals surface area (Å²) in [6.45, 7) is 8.57. The molecule has 1 aliphatic rings. The van der Waals surface area contributed by atoms with E-state index >= 15 is 0 Å². The van der Waals surface area contributed by atoms with Crippen LogP contribution in [0.4, 0.5) is 10.1 Å². The molecule has 1 atom stereocenters. The molecule has 0 bridgehead atoms. The Kier molecular flexibility index (Phi) is 11.3. The number of aliphatic imine (C=N–C) groups is 1. The van der Waals surface area contributed by atoms with Gasteiger partial charge in [-0.1, -0.05) is 13.8 Å². The van der Waals surface area contributed by atoms with Crippen molar-refractivity contribution in [1.29, 1.82) is 0 Å². The van der Waals surface area contributed by atoms with Crippen LogP contribution in [0, 0.1) is 12.7 Å². The molecule has 0 saturated carbocycles. The number of anilines is 1. The fraction of sp³-hybridized carbons (Fsp3) is 0.650. The van der Waals surface area contributed by atoms with E-state index in [0.717, 1.165) is 37.2 Å². The van der Waals surface area contributed by atoms with Gasteiger partial charge < -0.3 is 15.5 Å². The van der Waals surface area contributed by atoms with Crippen LogP contribution < -0.4 is 15.5 Å². The minimum absolute atomic E-state index is 0. The standard InChI is InChI=1S/C20H34FN5O2S.HI/c1-5-26(6-2)29(27,28)13-11-23-20(22-4)24-18-8-7-12-25(15-18)19-10-9-17(21)14-16(19)3;/h9-10,14,18H,5-8,11-13,15H2,1-4H3,(H2,22,23,24);1H. The molecule has 172 valence electrons. The summed E-state index contributed by atoms with van der Waals surface area (Å²) < 4.78 is 39.5. The van der Waals surface area contributed by atoms with Crippen LogP contribution >= 0.6 is 24.0 Å². The van der Waals surface area contributed by atoms with Gasteiger partial charge in [0.1, 0.15) is 5.82 Å². The van der Waals surface area contributed by atoms with Crippen molar-refractivity contribution < 1.29 is 12.8 Å². The van der Waals surface area contributed by atoms with E-state index in [4.69, 9.17) is 0 Å². The Bertz CT molecular complexity index is 802. The van der Waals surface area contributed by atoms with Crippen LogP contribution in [-0.4, -0.2) is 70.2 Å². The second-order valence-electron chi connectivity index (χ2n) is 7.26. The van der Waals surface area contributed by atoms with Crippen molar-refractivity contribution in [2.75, 3.05) is 50.4 Å². The van der Waals surface area contributed by atoms with Gasteiger partial charge in [-0.3, -0.25) is 4.99 Å².